The lowest BCUT2D eigenvalue weighted by Crippen LogP contribution is -2.45. The molecule has 0 aliphatic carbocycles. The predicted octanol–water partition coefficient (Wildman–Crippen LogP) is 6.67. The van der Waals surface area contributed by atoms with E-state index in [2.05, 4.69) is 67.7 Å². The molecular weight excluding hydrogens is 434 g/mol. The molecule has 0 heterocycles. The maximum atomic E-state index is 12.4. The van der Waals surface area contributed by atoms with E-state index in [1.165, 1.54) is 0 Å². The SMILES string of the molecule is CC(C)(C)OC(=O)[C@@H](N)Cc1ccc(O[Si](C)(C)C(C)(C)C)c(O[Si](C)(C)C(C)(C)C)c1. The van der Waals surface area contributed by atoms with Crippen LogP contribution in [0.2, 0.25) is 36.3 Å². The van der Waals surface area contributed by atoms with Crippen molar-refractivity contribution in [2.24, 2.45) is 5.73 Å². The third-order valence-electron chi connectivity index (χ3n) is 6.52. The third-order valence-corrected chi connectivity index (χ3v) is 15.2. The smallest absolute Gasteiger partial charge is 0.323 e. The van der Waals surface area contributed by atoms with Gasteiger partial charge >= 0.3 is 5.97 Å². The largest absolute Gasteiger partial charge is 0.541 e. The molecular formula is C25H47NO4Si2. The molecule has 32 heavy (non-hydrogen) atoms. The zero-order valence-electron chi connectivity index (χ0n) is 22.7. The number of esters is 1. The molecule has 0 fully saturated rings. The molecule has 0 aromatic heterocycles. The van der Waals surface area contributed by atoms with Crippen LogP contribution in [0, 0.1) is 0 Å². The van der Waals surface area contributed by atoms with Crippen LogP contribution in [0.3, 0.4) is 0 Å². The van der Waals surface area contributed by atoms with Gasteiger partial charge in [-0.3, -0.25) is 4.79 Å². The summed E-state index contributed by atoms with van der Waals surface area (Å²) in [4.78, 5) is 12.4. The van der Waals surface area contributed by atoms with Crippen molar-refractivity contribution >= 4 is 22.6 Å². The van der Waals surface area contributed by atoms with E-state index in [0.29, 0.717) is 6.42 Å². The van der Waals surface area contributed by atoms with Crippen molar-refractivity contribution in [3.63, 3.8) is 0 Å². The van der Waals surface area contributed by atoms with Gasteiger partial charge in [-0.1, -0.05) is 47.6 Å². The van der Waals surface area contributed by atoms with E-state index in [-0.39, 0.29) is 10.1 Å². The fraction of sp³-hybridized carbons (Fsp3) is 0.720. The van der Waals surface area contributed by atoms with Gasteiger partial charge in [-0.2, -0.15) is 0 Å². The van der Waals surface area contributed by atoms with Crippen LogP contribution in [0.25, 0.3) is 0 Å². The molecule has 0 saturated carbocycles. The maximum Gasteiger partial charge on any atom is 0.323 e. The minimum atomic E-state index is -2.10. The van der Waals surface area contributed by atoms with Crippen LogP contribution >= 0.6 is 0 Å². The molecule has 0 unspecified atom stereocenters. The highest BCUT2D eigenvalue weighted by Gasteiger charge is 2.42. The summed E-state index contributed by atoms with van der Waals surface area (Å²) in [5.41, 5.74) is 6.54. The average Bonchev–Trinajstić information content (AvgIpc) is 2.53. The first kappa shape index (κ1) is 28.7. The van der Waals surface area contributed by atoms with E-state index in [1.807, 2.05) is 39.0 Å². The van der Waals surface area contributed by atoms with Crippen LogP contribution in [-0.2, 0) is 16.0 Å². The van der Waals surface area contributed by atoms with Gasteiger partial charge in [0, 0.05) is 0 Å². The van der Waals surface area contributed by atoms with Crippen LogP contribution < -0.4 is 14.6 Å². The second-order valence-corrected chi connectivity index (χ2v) is 22.3. The van der Waals surface area contributed by atoms with Gasteiger partial charge in [0.25, 0.3) is 16.6 Å². The van der Waals surface area contributed by atoms with Gasteiger partial charge < -0.3 is 19.3 Å². The van der Waals surface area contributed by atoms with Crippen LogP contribution in [0.5, 0.6) is 11.5 Å². The normalized spacial score (nSPS) is 14.7. The van der Waals surface area contributed by atoms with E-state index in [9.17, 15) is 4.79 Å². The third kappa shape index (κ3) is 7.92. The fourth-order valence-electron chi connectivity index (χ4n) is 2.41. The second-order valence-electron chi connectivity index (χ2n) is 12.8. The Balaban J connectivity index is 3.32. The van der Waals surface area contributed by atoms with Gasteiger partial charge in [0.05, 0.1) is 0 Å². The molecule has 1 rings (SSSR count). The molecule has 0 spiro atoms. The van der Waals surface area contributed by atoms with Gasteiger partial charge in [-0.25, -0.2) is 0 Å². The van der Waals surface area contributed by atoms with Crippen LogP contribution in [-0.4, -0.2) is 34.2 Å². The van der Waals surface area contributed by atoms with Gasteiger partial charge in [0.2, 0.25) is 0 Å². The molecule has 184 valence electrons. The first-order chi connectivity index (χ1) is 14.1. The molecule has 0 amide bonds. The molecule has 7 heteroatoms. The molecule has 5 nitrogen and oxygen atoms in total. The Morgan fingerprint density at radius 2 is 1.28 bits per heavy atom. The van der Waals surface area contributed by atoms with Crippen LogP contribution in [0.4, 0.5) is 0 Å². The number of carbonyl (C=O) groups is 1. The van der Waals surface area contributed by atoms with Crippen molar-refractivity contribution in [3.05, 3.63) is 23.8 Å². The number of benzene rings is 1. The second kappa shape index (κ2) is 9.51. The van der Waals surface area contributed by atoms with Crippen LogP contribution in [0.15, 0.2) is 18.2 Å². The van der Waals surface area contributed by atoms with Gasteiger partial charge in [-0.05, 0) is 81.2 Å². The monoisotopic (exact) mass is 481 g/mol. The number of hydrogen-bond acceptors (Lipinski definition) is 5. The lowest BCUT2D eigenvalue weighted by atomic mass is 10.1. The number of ether oxygens (including phenoxy) is 1. The number of nitrogens with two attached hydrogens (primary N) is 1. The van der Waals surface area contributed by atoms with Crippen molar-refractivity contribution in [3.8, 4) is 11.5 Å². The summed E-state index contributed by atoms with van der Waals surface area (Å²) in [5.74, 6) is 1.12. The minimum Gasteiger partial charge on any atom is -0.541 e. The molecule has 0 aliphatic heterocycles. The summed E-state index contributed by atoms with van der Waals surface area (Å²) >= 11 is 0. The molecule has 0 aliphatic rings. The van der Waals surface area contributed by atoms with Gasteiger partial charge in [0.1, 0.15) is 23.1 Å². The van der Waals surface area contributed by atoms with E-state index < -0.39 is 34.2 Å². The number of rotatable bonds is 7. The molecule has 2 N–H and O–H groups in total. The van der Waals surface area contributed by atoms with Crippen molar-refractivity contribution < 1.29 is 18.4 Å². The van der Waals surface area contributed by atoms with E-state index in [0.717, 1.165) is 17.1 Å². The summed E-state index contributed by atoms with van der Waals surface area (Å²) < 4.78 is 18.8. The van der Waals surface area contributed by atoms with Crippen molar-refractivity contribution in [1.82, 2.24) is 0 Å². The quantitative estimate of drug-likeness (QED) is 0.348. The van der Waals surface area contributed by atoms with Crippen molar-refractivity contribution in [2.75, 3.05) is 0 Å². The van der Waals surface area contributed by atoms with Crippen molar-refractivity contribution in [1.29, 1.82) is 0 Å². The summed E-state index contributed by atoms with van der Waals surface area (Å²) in [6, 6.07) is 5.21. The Morgan fingerprint density at radius 3 is 1.69 bits per heavy atom. The van der Waals surface area contributed by atoms with Gasteiger partial charge in [0.15, 0.2) is 0 Å². The maximum absolute atomic E-state index is 12.4. The Hall–Kier alpha value is -1.32. The lowest BCUT2D eigenvalue weighted by molar-refractivity contribution is -0.156. The molecule has 0 saturated heterocycles. The predicted molar refractivity (Wildman–Crippen MR) is 140 cm³/mol. The number of hydrogen-bond donors (Lipinski definition) is 1. The fourth-order valence-corrected chi connectivity index (χ4v) is 4.45. The van der Waals surface area contributed by atoms with E-state index in [4.69, 9.17) is 19.3 Å². The summed E-state index contributed by atoms with van der Waals surface area (Å²) in [7, 11) is -4.16. The highest BCUT2D eigenvalue weighted by molar-refractivity contribution is 6.75. The minimum absolute atomic E-state index is 0.0458. The topological polar surface area (TPSA) is 70.8 Å². The molecule has 0 radical (unpaired) electrons. The molecule has 1 aromatic rings. The summed E-state index contributed by atoms with van der Waals surface area (Å²) in [5, 5.41) is 0.114. The zero-order chi connectivity index (χ0) is 25.3. The highest BCUT2D eigenvalue weighted by Crippen LogP contribution is 2.43. The highest BCUT2D eigenvalue weighted by atomic mass is 28.4. The lowest BCUT2D eigenvalue weighted by Gasteiger charge is -2.39. The Morgan fingerprint density at radius 1 is 0.844 bits per heavy atom. The zero-order valence-corrected chi connectivity index (χ0v) is 24.7. The first-order valence-corrected chi connectivity index (χ1v) is 17.4. The van der Waals surface area contributed by atoms with E-state index in [1.54, 1.807) is 0 Å². The molecule has 0 bridgehead atoms. The number of carbonyl (C=O) groups excluding carboxylic acids is 1. The van der Waals surface area contributed by atoms with Gasteiger partial charge in [-0.15, -0.1) is 0 Å². The van der Waals surface area contributed by atoms with Crippen molar-refractivity contribution in [2.45, 2.75) is 117 Å². The summed E-state index contributed by atoms with van der Waals surface area (Å²) in [6.07, 6.45) is 0.378. The average molecular weight is 482 g/mol. The Bertz CT molecular complexity index is 800. The van der Waals surface area contributed by atoms with E-state index >= 15 is 0 Å². The molecule has 1 atom stereocenters. The molecule has 1 aromatic carbocycles. The Kier molecular flexibility index (Phi) is 8.53. The standard InChI is InChI=1S/C25H47NO4Si2/c1-23(2,3)28-22(27)19(26)16-18-14-15-20(29-31(10,11)24(4,5)6)21(17-18)30-32(12,13)25(7,8)9/h14-15,17,19H,16,26H2,1-13H3/t19-/m0/s1. The first-order valence-electron chi connectivity index (χ1n) is 11.6. The van der Waals surface area contributed by atoms with Crippen LogP contribution in [0.1, 0.15) is 67.9 Å². The Labute approximate surface area is 198 Å². The summed E-state index contributed by atoms with van der Waals surface area (Å²) in [6.45, 7) is 27.8.